The maximum Gasteiger partial charge on any atom is 0.230 e. The number of hydrogen-bond donors (Lipinski definition) is 1. The van der Waals surface area contributed by atoms with Gasteiger partial charge in [0.2, 0.25) is 11.8 Å². The number of hydrogen-bond acceptors (Lipinski definition) is 2. The van der Waals surface area contributed by atoms with Crippen LogP contribution >= 0.6 is 0 Å². The molecule has 1 aliphatic heterocycles. The van der Waals surface area contributed by atoms with Crippen LogP contribution < -0.4 is 5.32 Å². The fourth-order valence-electron chi connectivity index (χ4n) is 3.66. The molecule has 1 N–H and O–H groups in total. The van der Waals surface area contributed by atoms with E-state index in [9.17, 15) is 9.59 Å². The largest absolute Gasteiger partial charge is 0.341 e. The highest BCUT2D eigenvalue weighted by molar-refractivity contribution is 6.01. The van der Waals surface area contributed by atoms with E-state index in [1.54, 1.807) is 11.9 Å². The van der Waals surface area contributed by atoms with Crippen LogP contribution in [-0.4, -0.2) is 23.8 Å². The summed E-state index contributed by atoms with van der Waals surface area (Å²) in [7, 11) is 1.80. The third kappa shape index (κ3) is 2.94. The van der Waals surface area contributed by atoms with Crippen LogP contribution in [0.2, 0.25) is 0 Å². The highest BCUT2D eigenvalue weighted by atomic mass is 16.2. The van der Waals surface area contributed by atoms with E-state index in [1.807, 2.05) is 48.5 Å². The van der Waals surface area contributed by atoms with Gasteiger partial charge in [0.05, 0.1) is 5.92 Å². The standard InChI is InChI=1S/C22H20N2O2/c1-24(14-16-9-6-8-15-7-2-3-10-17(15)16)22(26)19-13-21(25)23-20-12-5-4-11-18(19)20/h2-12,19H,13-14H2,1H3,(H,23,25). The van der Waals surface area contributed by atoms with E-state index in [4.69, 9.17) is 0 Å². The van der Waals surface area contributed by atoms with Crippen molar-refractivity contribution in [2.24, 2.45) is 0 Å². The molecule has 0 radical (unpaired) electrons. The molecule has 0 aromatic heterocycles. The first-order valence-electron chi connectivity index (χ1n) is 8.74. The average Bonchev–Trinajstić information content (AvgIpc) is 2.67. The van der Waals surface area contributed by atoms with Gasteiger partial charge in [-0.25, -0.2) is 0 Å². The highest BCUT2D eigenvalue weighted by Crippen LogP contribution is 2.33. The molecule has 4 nitrogen and oxygen atoms in total. The van der Waals surface area contributed by atoms with Crippen LogP contribution in [0.3, 0.4) is 0 Å². The molecule has 1 atom stereocenters. The maximum absolute atomic E-state index is 13.1. The quantitative estimate of drug-likeness (QED) is 0.783. The Morgan fingerprint density at radius 2 is 1.77 bits per heavy atom. The lowest BCUT2D eigenvalue weighted by atomic mass is 9.89. The average molecular weight is 344 g/mol. The minimum atomic E-state index is -0.431. The molecule has 1 aliphatic rings. The van der Waals surface area contributed by atoms with Crippen molar-refractivity contribution >= 4 is 28.3 Å². The predicted octanol–water partition coefficient (Wildman–Crippen LogP) is 3.92. The fraction of sp³-hybridized carbons (Fsp3) is 0.182. The second-order valence-electron chi connectivity index (χ2n) is 6.72. The van der Waals surface area contributed by atoms with E-state index in [0.29, 0.717) is 6.54 Å². The van der Waals surface area contributed by atoms with Crippen molar-refractivity contribution in [3.05, 3.63) is 77.9 Å². The molecule has 0 aliphatic carbocycles. The topological polar surface area (TPSA) is 49.4 Å². The first-order chi connectivity index (χ1) is 12.6. The molecular weight excluding hydrogens is 324 g/mol. The minimum Gasteiger partial charge on any atom is -0.341 e. The summed E-state index contributed by atoms with van der Waals surface area (Å²) in [4.78, 5) is 26.8. The molecule has 4 rings (SSSR count). The Morgan fingerprint density at radius 3 is 2.65 bits per heavy atom. The molecule has 130 valence electrons. The van der Waals surface area contributed by atoms with Crippen LogP contribution in [0.5, 0.6) is 0 Å². The lowest BCUT2D eigenvalue weighted by molar-refractivity contribution is -0.134. The minimum absolute atomic E-state index is 0.0276. The number of carbonyl (C=O) groups excluding carboxylic acids is 2. The van der Waals surface area contributed by atoms with Crippen LogP contribution in [0.15, 0.2) is 66.7 Å². The number of amides is 2. The number of nitrogens with one attached hydrogen (secondary N) is 1. The fourth-order valence-corrected chi connectivity index (χ4v) is 3.66. The Balaban J connectivity index is 1.61. The third-order valence-electron chi connectivity index (χ3n) is 4.96. The van der Waals surface area contributed by atoms with E-state index < -0.39 is 5.92 Å². The van der Waals surface area contributed by atoms with Gasteiger partial charge in [-0.3, -0.25) is 9.59 Å². The van der Waals surface area contributed by atoms with Gasteiger partial charge < -0.3 is 10.2 Å². The second kappa shape index (κ2) is 6.64. The van der Waals surface area contributed by atoms with Crippen molar-refractivity contribution < 1.29 is 9.59 Å². The van der Waals surface area contributed by atoms with Crippen molar-refractivity contribution in [3.8, 4) is 0 Å². The van der Waals surface area contributed by atoms with Crippen LogP contribution in [-0.2, 0) is 16.1 Å². The Morgan fingerprint density at radius 1 is 1.04 bits per heavy atom. The Hall–Kier alpha value is -3.14. The van der Waals surface area contributed by atoms with Crippen molar-refractivity contribution in [2.75, 3.05) is 12.4 Å². The van der Waals surface area contributed by atoms with Gasteiger partial charge in [0, 0.05) is 25.7 Å². The van der Waals surface area contributed by atoms with E-state index in [1.165, 1.54) is 0 Å². The molecule has 3 aromatic carbocycles. The Bertz CT molecular complexity index is 991. The highest BCUT2D eigenvalue weighted by Gasteiger charge is 2.32. The molecule has 0 fully saturated rings. The zero-order valence-electron chi connectivity index (χ0n) is 14.6. The van der Waals surface area contributed by atoms with Crippen molar-refractivity contribution in [2.45, 2.75) is 18.9 Å². The van der Waals surface area contributed by atoms with Crippen molar-refractivity contribution in [3.63, 3.8) is 0 Å². The third-order valence-corrected chi connectivity index (χ3v) is 4.96. The number of para-hydroxylation sites is 1. The van der Waals surface area contributed by atoms with E-state index in [2.05, 4.69) is 23.5 Å². The van der Waals surface area contributed by atoms with Gasteiger partial charge in [-0.05, 0) is 28.0 Å². The van der Waals surface area contributed by atoms with E-state index >= 15 is 0 Å². The zero-order valence-corrected chi connectivity index (χ0v) is 14.6. The smallest absolute Gasteiger partial charge is 0.230 e. The molecule has 26 heavy (non-hydrogen) atoms. The molecule has 3 aromatic rings. The summed E-state index contributed by atoms with van der Waals surface area (Å²) in [6.45, 7) is 0.514. The summed E-state index contributed by atoms with van der Waals surface area (Å²) in [6, 6.07) is 21.8. The molecule has 0 saturated heterocycles. The number of nitrogens with zero attached hydrogens (tertiary/aromatic N) is 1. The SMILES string of the molecule is CN(Cc1cccc2ccccc12)C(=O)C1CC(=O)Nc2ccccc21. The summed E-state index contributed by atoms with van der Waals surface area (Å²) in [5.41, 5.74) is 2.73. The predicted molar refractivity (Wildman–Crippen MR) is 103 cm³/mol. The summed E-state index contributed by atoms with van der Waals surface area (Å²) in [5.74, 6) is -0.569. The van der Waals surface area contributed by atoms with E-state index in [0.717, 1.165) is 27.6 Å². The molecular formula is C22H20N2O2. The summed E-state index contributed by atoms with van der Waals surface area (Å²) >= 11 is 0. The number of benzene rings is 3. The normalized spacial score (nSPS) is 16.0. The van der Waals surface area contributed by atoms with Gasteiger partial charge in [-0.15, -0.1) is 0 Å². The second-order valence-corrected chi connectivity index (χ2v) is 6.72. The van der Waals surface area contributed by atoms with Crippen LogP contribution in [0.4, 0.5) is 5.69 Å². The van der Waals surface area contributed by atoms with Gasteiger partial charge >= 0.3 is 0 Å². The number of anilines is 1. The monoisotopic (exact) mass is 344 g/mol. The van der Waals surface area contributed by atoms with E-state index in [-0.39, 0.29) is 18.2 Å². The van der Waals surface area contributed by atoms with Gasteiger partial charge in [0.15, 0.2) is 0 Å². The number of rotatable bonds is 3. The number of fused-ring (bicyclic) bond motifs is 2. The molecule has 0 spiro atoms. The summed E-state index contributed by atoms with van der Waals surface area (Å²) in [5, 5.41) is 5.16. The van der Waals surface area contributed by atoms with Crippen molar-refractivity contribution in [1.29, 1.82) is 0 Å². The van der Waals surface area contributed by atoms with Crippen LogP contribution in [0, 0.1) is 0 Å². The molecule has 0 saturated carbocycles. The molecule has 2 amide bonds. The lowest BCUT2D eigenvalue weighted by Crippen LogP contribution is -2.36. The molecule has 4 heteroatoms. The first-order valence-corrected chi connectivity index (χ1v) is 8.74. The Labute approximate surface area is 152 Å². The van der Waals surface area contributed by atoms with Gasteiger partial charge in [-0.1, -0.05) is 60.7 Å². The van der Waals surface area contributed by atoms with Gasteiger partial charge in [-0.2, -0.15) is 0 Å². The zero-order chi connectivity index (χ0) is 18.1. The number of likely N-dealkylation sites (N-methyl/N-ethyl adjacent to an activating group) is 1. The van der Waals surface area contributed by atoms with Gasteiger partial charge in [0.25, 0.3) is 0 Å². The van der Waals surface area contributed by atoms with Gasteiger partial charge in [0.1, 0.15) is 0 Å². The van der Waals surface area contributed by atoms with Crippen LogP contribution in [0.1, 0.15) is 23.5 Å². The summed E-state index contributed by atoms with van der Waals surface area (Å²) in [6.07, 6.45) is 0.190. The molecule has 0 bridgehead atoms. The maximum atomic E-state index is 13.1. The molecule has 1 unspecified atom stereocenters. The molecule has 1 heterocycles. The number of carbonyl (C=O) groups is 2. The van der Waals surface area contributed by atoms with Crippen LogP contribution in [0.25, 0.3) is 10.8 Å². The first kappa shape index (κ1) is 16.3. The summed E-state index contributed by atoms with van der Waals surface area (Å²) < 4.78 is 0. The Kier molecular flexibility index (Phi) is 4.17. The van der Waals surface area contributed by atoms with Crippen molar-refractivity contribution in [1.82, 2.24) is 4.90 Å². The lowest BCUT2D eigenvalue weighted by Gasteiger charge is -2.28.